The molecule has 1 aliphatic heterocycles. The molecular weight excluding hydrogens is 286 g/mol. The van der Waals surface area contributed by atoms with Gasteiger partial charge in [-0.05, 0) is 29.2 Å². The molecule has 0 fully saturated rings. The van der Waals surface area contributed by atoms with Crippen LogP contribution >= 0.6 is 34.7 Å². The van der Waals surface area contributed by atoms with Crippen molar-refractivity contribution in [1.29, 1.82) is 0 Å². The topological polar surface area (TPSA) is 29.1 Å². The summed E-state index contributed by atoms with van der Waals surface area (Å²) >= 11 is 9.44. The lowest BCUT2D eigenvalue weighted by molar-refractivity contribution is 0.0944. The molecule has 2 rings (SSSR count). The van der Waals surface area contributed by atoms with Crippen molar-refractivity contribution in [2.45, 2.75) is 26.0 Å². The molecule has 5 heteroatoms. The fourth-order valence-electron chi connectivity index (χ4n) is 1.71. The van der Waals surface area contributed by atoms with Crippen LogP contribution in [0.1, 0.15) is 34.0 Å². The monoisotopic (exact) mass is 303 g/mol. The Morgan fingerprint density at radius 1 is 1.56 bits per heavy atom. The number of hydrogen-bond donors (Lipinski definition) is 1. The number of halogens is 1. The van der Waals surface area contributed by atoms with Gasteiger partial charge in [0, 0.05) is 23.1 Å². The molecule has 1 aliphatic rings. The molecule has 0 saturated carbocycles. The first-order valence-electron chi connectivity index (χ1n) is 6.05. The Morgan fingerprint density at radius 3 is 3.00 bits per heavy atom. The minimum atomic E-state index is -0.0516. The van der Waals surface area contributed by atoms with E-state index in [2.05, 4.69) is 25.2 Å². The predicted octanol–water partition coefficient (Wildman–Crippen LogP) is 3.53. The molecule has 1 aromatic heterocycles. The van der Waals surface area contributed by atoms with Crippen LogP contribution in [0.3, 0.4) is 0 Å². The van der Waals surface area contributed by atoms with E-state index in [0.29, 0.717) is 12.4 Å². The van der Waals surface area contributed by atoms with E-state index >= 15 is 0 Å². The van der Waals surface area contributed by atoms with Gasteiger partial charge < -0.3 is 5.32 Å². The van der Waals surface area contributed by atoms with Gasteiger partial charge in [-0.1, -0.05) is 13.8 Å². The average Bonchev–Trinajstić information content (AvgIpc) is 2.80. The van der Waals surface area contributed by atoms with Crippen molar-refractivity contribution in [1.82, 2.24) is 5.32 Å². The van der Waals surface area contributed by atoms with Crippen LogP contribution in [0.25, 0.3) is 0 Å². The van der Waals surface area contributed by atoms with Crippen LogP contribution in [-0.2, 0) is 12.2 Å². The van der Waals surface area contributed by atoms with E-state index in [4.69, 9.17) is 11.6 Å². The van der Waals surface area contributed by atoms with Gasteiger partial charge in [-0.15, -0.1) is 22.9 Å². The molecule has 0 atom stereocenters. The lowest BCUT2D eigenvalue weighted by Crippen LogP contribution is -2.34. The quantitative estimate of drug-likeness (QED) is 0.862. The summed E-state index contributed by atoms with van der Waals surface area (Å²) in [4.78, 5) is 14.3. The molecule has 0 unspecified atom stereocenters. The van der Waals surface area contributed by atoms with Crippen molar-refractivity contribution in [3.05, 3.63) is 21.4 Å². The van der Waals surface area contributed by atoms with Gasteiger partial charge in [-0.2, -0.15) is 11.8 Å². The second-order valence-corrected chi connectivity index (χ2v) is 7.85. The Hall–Kier alpha value is -0.190. The summed E-state index contributed by atoms with van der Waals surface area (Å²) < 4.78 is 0. The zero-order chi connectivity index (χ0) is 13.2. The molecule has 0 spiro atoms. The summed E-state index contributed by atoms with van der Waals surface area (Å²) in [6, 6.07) is 2.05. The second kappa shape index (κ2) is 5.85. The second-order valence-electron chi connectivity index (χ2n) is 5.34. The maximum Gasteiger partial charge on any atom is 0.261 e. The normalized spacial score (nSPS) is 15.3. The fraction of sp³-hybridized carbons (Fsp3) is 0.615. The maximum absolute atomic E-state index is 12.1. The van der Waals surface area contributed by atoms with Gasteiger partial charge >= 0.3 is 0 Å². The molecule has 1 aromatic rings. The maximum atomic E-state index is 12.1. The zero-order valence-corrected chi connectivity index (χ0v) is 13.1. The molecular formula is C13H18ClNOS2. The molecule has 0 radical (unpaired) electrons. The lowest BCUT2D eigenvalue weighted by Gasteiger charge is -2.21. The summed E-state index contributed by atoms with van der Waals surface area (Å²) in [6.07, 6.45) is 1.10. The van der Waals surface area contributed by atoms with Gasteiger partial charge in [-0.25, -0.2) is 0 Å². The van der Waals surface area contributed by atoms with Crippen LogP contribution in [0.4, 0.5) is 0 Å². The highest BCUT2D eigenvalue weighted by molar-refractivity contribution is 7.98. The van der Waals surface area contributed by atoms with Gasteiger partial charge in [0.1, 0.15) is 0 Å². The van der Waals surface area contributed by atoms with E-state index in [-0.39, 0.29) is 11.3 Å². The minimum absolute atomic E-state index is 0.0394. The molecule has 2 heterocycles. The van der Waals surface area contributed by atoms with E-state index in [9.17, 15) is 4.79 Å². The van der Waals surface area contributed by atoms with Crippen LogP contribution < -0.4 is 5.32 Å². The largest absolute Gasteiger partial charge is 0.351 e. The molecule has 0 aliphatic carbocycles. The van der Waals surface area contributed by atoms with Crippen molar-refractivity contribution < 1.29 is 4.79 Å². The molecule has 1 amide bonds. The number of hydrogen-bond acceptors (Lipinski definition) is 3. The molecule has 0 aromatic carbocycles. The Bertz CT molecular complexity index is 419. The van der Waals surface area contributed by atoms with Crippen molar-refractivity contribution in [2.24, 2.45) is 5.41 Å². The van der Waals surface area contributed by atoms with Gasteiger partial charge in [0.05, 0.1) is 4.88 Å². The summed E-state index contributed by atoms with van der Waals surface area (Å²) in [5.74, 6) is 2.81. The Balaban J connectivity index is 1.99. The third kappa shape index (κ3) is 3.43. The Labute approximate surface area is 121 Å². The van der Waals surface area contributed by atoms with Crippen LogP contribution in [0.2, 0.25) is 0 Å². The number of alkyl halides is 1. The summed E-state index contributed by atoms with van der Waals surface area (Å²) in [7, 11) is 0. The minimum Gasteiger partial charge on any atom is -0.351 e. The van der Waals surface area contributed by atoms with Crippen molar-refractivity contribution in [3.63, 3.8) is 0 Å². The molecule has 0 bridgehead atoms. The summed E-state index contributed by atoms with van der Waals surface area (Å²) in [6.45, 7) is 4.72. The zero-order valence-electron chi connectivity index (χ0n) is 10.7. The smallest absolute Gasteiger partial charge is 0.261 e. The molecule has 100 valence electrons. The number of amides is 1. The number of thioether (sulfide) groups is 1. The number of carbonyl (C=O) groups is 1. The number of thiophene rings is 1. The van der Waals surface area contributed by atoms with Crippen molar-refractivity contribution in [2.75, 3.05) is 18.2 Å². The van der Waals surface area contributed by atoms with E-state index < -0.39 is 0 Å². The SMILES string of the molecule is CC(C)(CCl)CNC(=O)c1cc2c(s1)CCSC2. The summed E-state index contributed by atoms with van der Waals surface area (Å²) in [5, 5.41) is 2.98. The highest BCUT2D eigenvalue weighted by atomic mass is 35.5. The van der Waals surface area contributed by atoms with Crippen LogP contribution in [0.5, 0.6) is 0 Å². The first-order valence-corrected chi connectivity index (χ1v) is 8.56. The molecule has 18 heavy (non-hydrogen) atoms. The predicted molar refractivity (Wildman–Crippen MR) is 81.0 cm³/mol. The third-order valence-corrected chi connectivity index (χ3v) is 5.91. The third-order valence-electron chi connectivity index (χ3n) is 2.94. The first-order chi connectivity index (χ1) is 8.52. The lowest BCUT2D eigenvalue weighted by atomic mass is 9.96. The number of aryl methyl sites for hydroxylation is 1. The number of rotatable bonds is 4. The first kappa shape index (κ1) is 14.2. The van der Waals surface area contributed by atoms with Gasteiger partial charge in [0.15, 0.2) is 0 Å². The van der Waals surface area contributed by atoms with Crippen molar-refractivity contribution >= 4 is 40.6 Å². The van der Waals surface area contributed by atoms with Crippen LogP contribution in [-0.4, -0.2) is 24.1 Å². The molecule has 1 N–H and O–H groups in total. The van der Waals surface area contributed by atoms with E-state index in [1.54, 1.807) is 11.3 Å². The van der Waals surface area contributed by atoms with Crippen LogP contribution in [0, 0.1) is 5.41 Å². The number of fused-ring (bicyclic) bond motifs is 1. The van der Waals surface area contributed by atoms with E-state index in [0.717, 1.165) is 17.1 Å². The summed E-state index contributed by atoms with van der Waals surface area (Å²) in [5.41, 5.74) is 1.29. The Kier molecular flexibility index (Phi) is 4.62. The van der Waals surface area contributed by atoms with Crippen molar-refractivity contribution in [3.8, 4) is 0 Å². The highest BCUT2D eigenvalue weighted by Gasteiger charge is 2.20. The van der Waals surface area contributed by atoms with Crippen LogP contribution in [0.15, 0.2) is 6.07 Å². The molecule has 2 nitrogen and oxygen atoms in total. The fourth-order valence-corrected chi connectivity index (χ4v) is 4.10. The standard InChI is InChI=1S/C13H18ClNOS2/c1-13(2,7-14)8-15-12(16)11-5-9-6-17-4-3-10(9)18-11/h5H,3-4,6-8H2,1-2H3,(H,15,16). The van der Waals surface area contributed by atoms with E-state index in [1.165, 1.54) is 16.2 Å². The Morgan fingerprint density at radius 2 is 2.33 bits per heavy atom. The number of carbonyl (C=O) groups excluding carboxylic acids is 1. The van der Waals surface area contributed by atoms with E-state index in [1.807, 2.05) is 11.8 Å². The average molecular weight is 304 g/mol. The molecule has 0 saturated heterocycles. The highest BCUT2D eigenvalue weighted by Crippen LogP contribution is 2.31. The number of nitrogens with one attached hydrogen (secondary N) is 1. The van der Waals surface area contributed by atoms with Gasteiger partial charge in [0.25, 0.3) is 5.91 Å². The van der Waals surface area contributed by atoms with Gasteiger partial charge in [0.2, 0.25) is 0 Å². The van der Waals surface area contributed by atoms with Gasteiger partial charge in [-0.3, -0.25) is 4.79 Å².